The molecule has 188 valence electrons. The molecule has 0 saturated carbocycles. The van der Waals surface area contributed by atoms with Crippen LogP contribution in [-0.4, -0.2) is 53.4 Å². The van der Waals surface area contributed by atoms with E-state index >= 15 is 4.39 Å². The average Bonchev–Trinajstić information content (AvgIpc) is 2.93. The van der Waals surface area contributed by atoms with Crippen LogP contribution in [-0.2, 0) is 9.53 Å². The number of nitrogens with zero attached hydrogens (tertiary/aromatic N) is 3. The van der Waals surface area contributed by atoms with Gasteiger partial charge in [-0.2, -0.15) is 0 Å². The molecule has 0 bridgehead atoms. The molecule has 5 rings (SSSR count). The van der Waals surface area contributed by atoms with Crippen molar-refractivity contribution in [1.82, 2.24) is 9.97 Å². The van der Waals surface area contributed by atoms with Gasteiger partial charge in [0.2, 0.25) is 11.9 Å². The molecule has 8 nitrogen and oxygen atoms in total. The Morgan fingerprint density at radius 3 is 2.81 bits per heavy atom. The Morgan fingerprint density at radius 2 is 2.03 bits per heavy atom. The largest absolute Gasteiger partial charge is 0.394 e. The van der Waals surface area contributed by atoms with Crippen molar-refractivity contribution >= 4 is 39.8 Å². The summed E-state index contributed by atoms with van der Waals surface area (Å²) >= 11 is 0. The summed E-state index contributed by atoms with van der Waals surface area (Å²) < 4.78 is 20.6. The van der Waals surface area contributed by atoms with E-state index in [2.05, 4.69) is 32.1 Å². The Bertz CT molecular complexity index is 1440. The molecule has 1 atom stereocenters. The van der Waals surface area contributed by atoms with Crippen molar-refractivity contribution < 1.29 is 19.0 Å². The minimum absolute atomic E-state index is 0.00816. The number of nitrogens with one attached hydrogen (secondary N) is 2. The number of morpholine rings is 1. The molecule has 4 aromatic rings. The van der Waals surface area contributed by atoms with Crippen molar-refractivity contribution in [3.8, 4) is 11.1 Å². The van der Waals surface area contributed by atoms with E-state index < -0.39 is 5.82 Å². The van der Waals surface area contributed by atoms with Crippen LogP contribution in [0.2, 0.25) is 0 Å². The van der Waals surface area contributed by atoms with Crippen LogP contribution in [0.1, 0.15) is 0 Å². The average molecular weight is 500 g/mol. The number of aromatic nitrogens is 2. The number of halogens is 1. The summed E-state index contributed by atoms with van der Waals surface area (Å²) in [6, 6.07) is 17.8. The predicted octanol–water partition coefficient (Wildman–Crippen LogP) is 4.50. The van der Waals surface area contributed by atoms with Crippen LogP contribution in [0.25, 0.3) is 22.0 Å². The Hall–Kier alpha value is -4.34. The zero-order valence-electron chi connectivity index (χ0n) is 20.0. The topological polar surface area (TPSA) is 99.6 Å². The minimum Gasteiger partial charge on any atom is -0.394 e. The fraction of sp³-hybridized carbons (Fsp3) is 0.179. The summed E-state index contributed by atoms with van der Waals surface area (Å²) in [5, 5.41) is 16.0. The summed E-state index contributed by atoms with van der Waals surface area (Å²) in [6.07, 6.45) is 2.63. The molecule has 3 N–H and O–H groups in total. The summed E-state index contributed by atoms with van der Waals surface area (Å²) in [5.41, 5.74) is 3.67. The monoisotopic (exact) mass is 499 g/mol. The van der Waals surface area contributed by atoms with E-state index in [1.54, 1.807) is 36.5 Å². The third-order valence-electron chi connectivity index (χ3n) is 6.14. The van der Waals surface area contributed by atoms with E-state index in [1.807, 2.05) is 24.3 Å². The molecular weight excluding hydrogens is 473 g/mol. The number of benzene rings is 3. The number of hydrogen-bond donors (Lipinski definition) is 3. The van der Waals surface area contributed by atoms with Gasteiger partial charge in [0.05, 0.1) is 24.8 Å². The molecule has 0 aliphatic carbocycles. The molecule has 1 aromatic heterocycles. The third kappa shape index (κ3) is 5.42. The zero-order chi connectivity index (χ0) is 25.8. The van der Waals surface area contributed by atoms with Gasteiger partial charge in [-0.3, -0.25) is 4.79 Å². The molecule has 1 amide bonds. The first-order chi connectivity index (χ1) is 18.0. The number of fused-ring (bicyclic) bond motifs is 1. The molecule has 2 heterocycles. The molecule has 1 unspecified atom stereocenters. The van der Waals surface area contributed by atoms with Crippen LogP contribution in [0.5, 0.6) is 0 Å². The van der Waals surface area contributed by atoms with Gasteiger partial charge in [0, 0.05) is 47.3 Å². The van der Waals surface area contributed by atoms with Crippen molar-refractivity contribution in [2.45, 2.75) is 6.10 Å². The smallest absolute Gasteiger partial charge is 0.247 e. The van der Waals surface area contributed by atoms with Crippen molar-refractivity contribution in [3.05, 3.63) is 85.3 Å². The fourth-order valence-corrected chi connectivity index (χ4v) is 4.30. The van der Waals surface area contributed by atoms with Gasteiger partial charge < -0.3 is 25.4 Å². The zero-order valence-corrected chi connectivity index (χ0v) is 20.0. The number of aliphatic hydroxyl groups is 1. The first-order valence-corrected chi connectivity index (χ1v) is 11.9. The highest BCUT2D eigenvalue weighted by atomic mass is 19.1. The first-order valence-electron chi connectivity index (χ1n) is 11.9. The number of amides is 1. The molecule has 3 aromatic carbocycles. The maximum absolute atomic E-state index is 15.1. The Balaban J connectivity index is 1.42. The molecular formula is C28H26FN5O3. The maximum atomic E-state index is 15.1. The van der Waals surface area contributed by atoms with Crippen LogP contribution in [0, 0.1) is 5.82 Å². The summed E-state index contributed by atoms with van der Waals surface area (Å²) in [7, 11) is 0. The lowest BCUT2D eigenvalue weighted by Crippen LogP contribution is -2.44. The van der Waals surface area contributed by atoms with E-state index in [9.17, 15) is 9.90 Å². The van der Waals surface area contributed by atoms with Gasteiger partial charge in [-0.15, -0.1) is 0 Å². The number of aliphatic hydroxyl groups excluding tert-OH is 1. The molecule has 1 aliphatic rings. The van der Waals surface area contributed by atoms with Gasteiger partial charge in [0.1, 0.15) is 5.82 Å². The van der Waals surface area contributed by atoms with Crippen LogP contribution in [0.4, 0.5) is 27.4 Å². The van der Waals surface area contributed by atoms with Crippen LogP contribution >= 0.6 is 0 Å². The third-order valence-corrected chi connectivity index (χ3v) is 6.14. The highest BCUT2D eigenvalue weighted by Crippen LogP contribution is 2.32. The molecule has 1 aliphatic heterocycles. The number of ether oxygens (including phenoxy) is 1. The second-order valence-electron chi connectivity index (χ2n) is 8.62. The van der Waals surface area contributed by atoms with Gasteiger partial charge in [-0.05, 0) is 60.2 Å². The van der Waals surface area contributed by atoms with Gasteiger partial charge in [-0.1, -0.05) is 18.7 Å². The Kier molecular flexibility index (Phi) is 7.07. The molecule has 1 fully saturated rings. The van der Waals surface area contributed by atoms with Crippen molar-refractivity contribution in [2.24, 2.45) is 0 Å². The van der Waals surface area contributed by atoms with Gasteiger partial charge in [-0.25, -0.2) is 14.4 Å². The lowest BCUT2D eigenvalue weighted by Gasteiger charge is -2.33. The lowest BCUT2D eigenvalue weighted by molar-refractivity contribution is -0.111. The highest BCUT2D eigenvalue weighted by molar-refractivity contribution is 6.00. The molecule has 1 saturated heterocycles. The quantitative estimate of drug-likeness (QED) is 0.322. The molecule has 37 heavy (non-hydrogen) atoms. The van der Waals surface area contributed by atoms with Crippen LogP contribution in [0.3, 0.4) is 0 Å². The maximum Gasteiger partial charge on any atom is 0.247 e. The van der Waals surface area contributed by atoms with Crippen LogP contribution in [0.15, 0.2) is 79.5 Å². The van der Waals surface area contributed by atoms with Crippen molar-refractivity contribution in [3.63, 3.8) is 0 Å². The second-order valence-corrected chi connectivity index (χ2v) is 8.62. The first kappa shape index (κ1) is 24.4. The van der Waals surface area contributed by atoms with Gasteiger partial charge >= 0.3 is 0 Å². The molecule has 0 radical (unpaired) electrons. The lowest BCUT2D eigenvalue weighted by atomic mass is 10.0. The Labute approximate surface area is 213 Å². The highest BCUT2D eigenvalue weighted by Gasteiger charge is 2.20. The normalized spacial score (nSPS) is 15.4. The van der Waals surface area contributed by atoms with Crippen molar-refractivity contribution in [1.29, 1.82) is 0 Å². The van der Waals surface area contributed by atoms with Crippen molar-refractivity contribution in [2.75, 3.05) is 41.8 Å². The summed E-state index contributed by atoms with van der Waals surface area (Å²) in [6.45, 7) is 5.40. The number of carbonyl (C=O) groups is 1. The van der Waals surface area contributed by atoms with E-state index in [0.717, 1.165) is 17.9 Å². The van der Waals surface area contributed by atoms with Gasteiger partial charge in [0.15, 0.2) is 0 Å². The van der Waals surface area contributed by atoms with Crippen LogP contribution < -0.4 is 15.5 Å². The van der Waals surface area contributed by atoms with E-state index in [4.69, 9.17) is 4.74 Å². The summed E-state index contributed by atoms with van der Waals surface area (Å²) in [4.78, 5) is 22.9. The van der Waals surface area contributed by atoms with Gasteiger partial charge in [0.25, 0.3) is 0 Å². The van der Waals surface area contributed by atoms with E-state index in [1.165, 1.54) is 12.1 Å². The number of rotatable bonds is 7. The Morgan fingerprint density at radius 1 is 1.19 bits per heavy atom. The SMILES string of the molecule is C=CC(=O)Nc1cccc(-c2c(F)ccc3cnc(Nc4ccc(N5CCOC(CO)C5)cc4)nc23)c1. The van der Waals surface area contributed by atoms with E-state index in [-0.39, 0.29) is 18.6 Å². The standard InChI is InChI=1S/C28H26FN5O3/c1-2-25(36)31-21-5-3-4-18(14-21)26-24(29)11-6-19-15-30-28(33-27(19)26)32-20-7-9-22(10-8-20)34-12-13-37-23(16-34)17-35/h2-11,14-15,23,35H,1,12-13,16-17H2,(H,31,36)(H,30,32,33). The number of carbonyl (C=O) groups excluding carboxylic acids is 1. The summed E-state index contributed by atoms with van der Waals surface area (Å²) in [5.74, 6) is -0.451. The van der Waals surface area contributed by atoms with E-state index in [0.29, 0.717) is 46.8 Å². The predicted molar refractivity (Wildman–Crippen MR) is 143 cm³/mol. The number of anilines is 4. The second kappa shape index (κ2) is 10.7. The molecule has 9 heteroatoms. The number of hydrogen-bond acceptors (Lipinski definition) is 7. The fourth-order valence-electron chi connectivity index (χ4n) is 4.30. The molecule has 0 spiro atoms. The minimum atomic E-state index is -0.430.